The van der Waals surface area contributed by atoms with Crippen molar-refractivity contribution in [2.45, 2.75) is 46.0 Å². The van der Waals surface area contributed by atoms with Crippen LogP contribution < -0.4 is 10.6 Å². The van der Waals surface area contributed by atoms with E-state index in [4.69, 9.17) is 14.6 Å². The number of nitrogens with zero attached hydrogens (tertiary/aromatic N) is 1. The van der Waals surface area contributed by atoms with Crippen molar-refractivity contribution in [2.75, 3.05) is 52.7 Å². The summed E-state index contributed by atoms with van der Waals surface area (Å²) in [6.07, 6.45) is 5.17. The summed E-state index contributed by atoms with van der Waals surface area (Å²) in [7, 11) is 0. The number of hydrogen-bond acceptors (Lipinski definition) is 4. The predicted octanol–water partition coefficient (Wildman–Crippen LogP) is 2.40. The fourth-order valence-corrected chi connectivity index (χ4v) is 2.83. The molecule has 0 aliphatic carbocycles. The molecule has 0 aromatic heterocycles. The Morgan fingerprint density at radius 1 is 1.32 bits per heavy atom. The number of aliphatic hydroxyl groups is 1. The maximum atomic E-state index is 9.13. The van der Waals surface area contributed by atoms with Gasteiger partial charge in [-0.3, -0.25) is 4.99 Å². The van der Waals surface area contributed by atoms with Crippen LogP contribution in [0.5, 0.6) is 0 Å². The smallest absolute Gasteiger partial charge is 0.191 e. The average Bonchev–Trinajstić information content (AvgIpc) is 3.09. The normalized spacial score (nSPS) is 18.7. The van der Waals surface area contributed by atoms with Gasteiger partial charge in [-0.25, -0.2) is 0 Å². The van der Waals surface area contributed by atoms with E-state index in [0.29, 0.717) is 11.8 Å². The SMILES string of the molecule is CCCC(CCO)CN=C(NCC)NCCCOCC1CCOC1.I. The summed E-state index contributed by atoms with van der Waals surface area (Å²) >= 11 is 0. The van der Waals surface area contributed by atoms with Gasteiger partial charge < -0.3 is 25.2 Å². The molecule has 0 radical (unpaired) electrons. The van der Waals surface area contributed by atoms with Crippen LogP contribution in [0, 0.1) is 11.8 Å². The summed E-state index contributed by atoms with van der Waals surface area (Å²) in [4.78, 5) is 4.66. The molecular formula is C18H38IN3O3. The molecule has 1 saturated heterocycles. The first-order chi connectivity index (χ1) is 11.8. The molecule has 2 atom stereocenters. The molecule has 0 saturated carbocycles. The van der Waals surface area contributed by atoms with Crippen molar-refractivity contribution in [2.24, 2.45) is 16.8 Å². The van der Waals surface area contributed by atoms with Crippen molar-refractivity contribution >= 4 is 29.9 Å². The fraction of sp³-hybridized carbons (Fsp3) is 0.944. The van der Waals surface area contributed by atoms with Crippen LogP contribution in [0.15, 0.2) is 4.99 Å². The van der Waals surface area contributed by atoms with Crippen LogP contribution in [0.2, 0.25) is 0 Å². The molecule has 25 heavy (non-hydrogen) atoms. The Labute approximate surface area is 170 Å². The van der Waals surface area contributed by atoms with E-state index in [9.17, 15) is 0 Å². The Kier molecular flexibility index (Phi) is 17.2. The average molecular weight is 471 g/mol. The number of hydrogen-bond donors (Lipinski definition) is 3. The van der Waals surface area contributed by atoms with E-state index in [0.717, 1.165) is 84.1 Å². The molecule has 1 fully saturated rings. The van der Waals surface area contributed by atoms with Crippen molar-refractivity contribution in [3.05, 3.63) is 0 Å². The number of aliphatic hydroxyl groups excluding tert-OH is 1. The maximum Gasteiger partial charge on any atom is 0.191 e. The first kappa shape index (κ1) is 24.9. The van der Waals surface area contributed by atoms with Crippen LogP contribution in [0.25, 0.3) is 0 Å². The van der Waals surface area contributed by atoms with Gasteiger partial charge in [0, 0.05) is 45.4 Å². The zero-order valence-electron chi connectivity index (χ0n) is 16.0. The first-order valence-corrected chi connectivity index (χ1v) is 9.58. The van der Waals surface area contributed by atoms with Gasteiger partial charge in [-0.1, -0.05) is 13.3 Å². The molecule has 0 aromatic rings. The van der Waals surface area contributed by atoms with Gasteiger partial charge in [0.2, 0.25) is 0 Å². The van der Waals surface area contributed by atoms with E-state index in [-0.39, 0.29) is 30.6 Å². The summed E-state index contributed by atoms with van der Waals surface area (Å²) in [5.74, 6) is 1.91. The van der Waals surface area contributed by atoms with E-state index in [2.05, 4.69) is 29.5 Å². The second-order valence-electron chi connectivity index (χ2n) is 6.47. The third kappa shape index (κ3) is 12.8. The van der Waals surface area contributed by atoms with Crippen molar-refractivity contribution in [3.63, 3.8) is 0 Å². The Morgan fingerprint density at radius 3 is 2.80 bits per heavy atom. The number of guanidine groups is 1. The molecular weight excluding hydrogens is 433 g/mol. The lowest BCUT2D eigenvalue weighted by atomic mass is 10.0. The number of ether oxygens (including phenoxy) is 2. The van der Waals surface area contributed by atoms with Crippen molar-refractivity contribution in [1.29, 1.82) is 0 Å². The number of aliphatic imine (C=N–C) groups is 1. The molecule has 1 aliphatic heterocycles. The Hall–Kier alpha value is -0.120. The molecule has 1 heterocycles. The molecule has 0 spiro atoms. The van der Waals surface area contributed by atoms with Crippen molar-refractivity contribution < 1.29 is 14.6 Å². The molecule has 0 amide bonds. The van der Waals surface area contributed by atoms with E-state index in [1.807, 2.05) is 0 Å². The summed E-state index contributed by atoms with van der Waals surface area (Å²) in [6.45, 7) is 10.3. The molecule has 3 N–H and O–H groups in total. The van der Waals surface area contributed by atoms with Gasteiger partial charge in [0.25, 0.3) is 0 Å². The number of rotatable bonds is 13. The number of halogens is 1. The summed E-state index contributed by atoms with van der Waals surface area (Å²) in [6, 6.07) is 0. The monoisotopic (exact) mass is 471 g/mol. The quantitative estimate of drug-likeness (QED) is 0.167. The van der Waals surface area contributed by atoms with Crippen molar-refractivity contribution in [3.8, 4) is 0 Å². The molecule has 2 unspecified atom stereocenters. The minimum atomic E-state index is 0. The lowest BCUT2D eigenvalue weighted by Crippen LogP contribution is -2.38. The Bertz CT molecular complexity index is 321. The van der Waals surface area contributed by atoms with Gasteiger partial charge in [0.15, 0.2) is 5.96 Å². The second-order valence-corrected chi connectivity index (χ2v) is 6.47. The highest BCUT2D eigenvalue weighted by Gasteiger charge is 2.15. The summed E-state index contributed by atoms with van der Waals surface area (Å²) < 4.78 is 11.1. The number of nitrogens with one attached hydrogen (secondary N) is 2. The molecule has 0 bridgehead atoms. The third-order valence-corrected chi connectivity index (χ3v) is 4.22. The van der Waals surface area contributed by atoms with E-state index in [1.165, 1.54) is 0 Å². The summed E-state index contributed by atoms with van der Waals surface area (Å²) in [5, 5.41) is 15.8. The Morgan fingerprint density at radius 2 is 2.16 bits per heavy atom. The molecule has 7 heteroatoms. The molecule has 150 valence electrons. The second kappa shape index (κ2) is 17.3. The highest BCUT2D eigenvalue weighted by atomic mass is 127. The van der Waals surface area contributed by atoms with Crippen molar-refractivity contribution in [1.82, 2.24) is 10.6 Å². The Balaban J connectivity index is 0.00000576. The minimum Gasteiger partial charge on any atom is -0.396 e. The van der Waals surface area contributed by atoms with Gasteiger partial charge in [0.05, 0.1) is 13.2 Å². The van der Waals surface area contributed by atoms with Crippen LogP contribution in [0.4, 0.5) is 0 Å². The van der Waals surface area contributed by atoms with Gasteiger partial charge >= 0.3 is 0 Å². The lowest BCUT2D eigenvalue weighted by Gasteiger charge is -2.15. The van der Waals surface area contributed by atoms with Gasteiger partial charge in [-0.15, -0.1) is 24.0 Å². The molecule has 0 aromatic carbocycles. The highest BCUT2D eigenvalue weighted by molar-refractivity contribution is 14.0. The van der Waals surface area contributed by atoms with Gasteiger partial charge in [-0.05, 0) is 38.5 Å². The van der Waals surface area contributed by atoms with Gasteiger partial charge in [-0.2, -0.15) is 0 Å². The largest absolute Gasteiger partial charge is 0.396 e. The first-order valence-electron chi connectivity index (χ1n) is 9.58. The van der Waals surface area contributed by atoms with Gasteiger partial charge in [0.1, 0.15) is 0 Å². The van der Waals surface area contributed by atoms with E-state index in [1.54, 1.807) is 0 Å². The van der Waals surface area contributed by atoms with E-state index >= 15 is 0 Å². The van der Waals surface area contributed by atoms with Crippen LogP contribution in [0.1, 0.15) is 46.0 Å². The molecule has 1 rings (SSSR count). The van der Waals surface area contributed by atoms with Crippen LogP contribution >= 0.6 is 24.0 Å². The fourth-order valence-electron chi connectivity index (χ4n) is 2.83. The van der Waals surface area contributed by atoms with E-state index < -0.39 is 0 Å². The lowest BCUT2D eigenvalue weighted by molar-refractivity contribution is 0.0888. The zero-order valence-corrected chi connectivity index (χ0v) is 18.3. The van der Waals surface area contributed by atoms with Crippen LogP contribution in [-0.4, -0.2) is 63.7 Å². The van der Waals surface area contributed by atoms with Crippen LogP contribution in [0.3, 0.4) is 0 Å². The maximum absolute atomic E-state index is 9.13. The summed E-state index contributed by atoms with van der Waals surface area (Å²) in [5.41, 5.74) is 0. The highest BCUT2D eigenvalue weighted by Crippen LogP contribution is 2.12. The standard InChI is InChI=1S/C18H37N3O3.HI/c1-3-6-16(7-10-22)13-21-18(19-4-2)20-9-5-11-23-14-17-8-12-24-15-17;/h16-17,22H,3-15H2,1-2H3,(H2,19,20,21);1H. The topological polar surface area (TPSA) is 75.1 Å². The minimum absolute atomic E-state index is 0. The molecule has 6 nitrogen and oxygen atoms in total. The molecule has 1 aliphatic rings. The third-order valence-electron chi connectivity index (χ3n) is 4.22. The zero-order chi connectivity index (χ0) is 17.5. The van der Waals surface area contributed by atoms with Crippen LogP contribution in [-0.2, 0) is 9.47 Å². The predicted molar refractivity (Wildman–Crippen MR) is 114 cm³/mol.